The summed E-state index contributed by atoms with van der Waals surface area (Å²) in [6, 6.07) is 3.46. The highest BCUT2D eigenvalue weighted by Crippen LogP contribution is 2.32. The molecule has 4 nitrogen and oxygen atoms in total. The maximum Gasteiger partial charge on any atom is 0.303 e. The molecule has 0 saturated heterocycles. The topological polar surface area (TPSA) is 66.8 Å². The average Bonchev–Trinajstić information content (AvgIpc) is 2.17. The minimum absolute atomic E-state index is 0.00156. The standard InChI is InChI=1S/C11H14O4/c1-7-3-5-9(15-2)11(14)8(7)4-6-10(12)13/h3,5,14H,4,6H2,1-2H3,(H,12,13). The van der Waals surface area contributed by atoms with Gasteiger partial charge in [0.15, 0.2) is 11.5 Å². The maximum absolute atomic E-state index is 10.4. The highest BCUT2D eigenvalue weighted by Gasteiger charge is 2.11. The Hall–Kier alpha value is -1.71. The zero-order chi connectivity index (χ0) is 11.4. The normalized spacial score (nSPS) is 10.0. The Morgan fingerprint density at radius 1 is 1.47 bits per heavy atom. The third-order valence-electron chi connectivity index (χ3n) is 2.29. The Kier molecular flexibility index (Phi) is 3.55. The van der Waals surface area contributed by atoms with Crippen LogP contribution in [0.25, 0.3) is 0 Å². The lowest BCUT2D eigenvalue weighted by molar-refractivity contribution is -0.136. The first-order valence-electron chi connectivity index (χ1n) is 4.63. The lowest BCUT2D eigenvalue weighted by Crippen LogP contribution is -2.00. The van der Waals surface area contributed by atoms with Crippen molar-refractivity contribution in [2.45, 2.75) is 19.8 Å². The highest BCUT2D eigenvalue weighted by molar-refractivity contribution is 5.67. The number of methoxy groups -OCH3 is 1. The van der Waals surface area contributed by atoms with Gasteiger partial charge >= 0.3 is 5.97 Å². The number of ether oxygens (including phenoxy) is 1. The van der Waals surface area contributed by atoms with Gasteiger partial charge in [0, 0.05) is 12.0 Å². The number of hydrogen-bond donors (Lipinski definition) is 2. The molecule has 0 aliphatic heterocycles. The van der Waals surface area contributed by atoms with E-state index in [1.807, 2.05) is 6.92 Å². The second-order valence-corrected chi connectivity index (χ2v) is 3.31. The van der Waals surface area contributed by atoms with Crippen LogP contribution in [0.3, 0.4) is 0 Å². The van der Waals surface area contributed by atoms with Crippen molar-refractivity contribution >= 4 is 5.97 Å². The molecule has 0 unspecified atom stereocenters. The van der Waals surface area contributed by atoms with Crippen LogP contribution in [0.2, 0.25) is 0 Å². The number of aromatic hydroxyl groups is 1. The number of aryl methyl sites for hydroxylation is 1. The van der Waals surface area contributed by atoms with Crippen molar-refractivity contribution in [3.8, 4) is 11.5 Å². The zero-order valence-corrected chi connectivity index (χ0v) is 8.78. The fraction of sp³-hybridized carbons (Fsp3) is 0.364. The summed E-state index contributed by atoms with van der Waals surface area (Å²) in [5, 5.41) is 18.3. The monoisotopic (exact) mass is 210 g/mol. The van der Waals surface area contributed by atoms with E-state index in [1.54, 1.807) is 12.1 Å². The van der Waals surface area contributed by atoms with Crippen LogP contribution in [0.15, 0.2) is 12.1 Å². The van der Waals surface area contributed by atoms with Gasteiger partial charge in [0.25, 0.3) is 0 Å². The summed E-state index contributed by atoms with van der Waals surface area (Å²) in [6.45, 7) is 1.83. The van der Waals surface area contributed by atoms with Crippen LogP contribution in [0.5, 0.6) is 11.5 Å². The summed E-state index contributed by atoms with van der Waals surface area (Å²) in [6.07, 6.45) is 0.311. The first-order valence-corrected chi connectivity index (χ1v) is 4.63. The van der Waals surface area contributed by atoms with Gasteiger partial charge in [0.1, 0.15) is 0 Å². The van der Waals surface area contributed by atoms with Gasteiger partial charge in [-0.2, -0.15) is 0 Å². The van der Waals surface area contributed by atoms with Crippen LogP contribution in [-0.2, 0) is 11.2 Å². The number of aliphatic carboxylic acids is 1. The molecule has 0 amide bonds. The van der Waals surface area contributed by atoms with Crippen molar-refractivity contribution in [2.75, 3.05) is 7.11 Å². The Bertz CT molecular complexity index is 371. The summed E-state index contributed by atoms with van der Waals surface area (Å²) >= 11 is 0. The quantitative estimate of drug-likeness (QED) is 0.794. The maximum atomic E-state index is 10.4. The Labute approximate surface area is 88.1 Å². The molecule has 0 saturated carbocycles. The molecule has 0 radical (unpaired) electrons. The van der Waals surface area contributed by atoms with Crippen LogP contribution in [0, 0.1) is 6.92 Å². The van der Waals surface area contributed by atoms with Crippen LogP contribution in [0.1, 0.15) is 17.5 Å². The molecule has 1 aromatic carbocycles. The van der Waals surface area contributed by atoms with E-state index in [1.165, 1.54) is 7.11 Å². The van der Waals surface area contributed by atoms with Crippen molar-refractivity contribution in [3.05, 3.63) is 23.3 Å². The van der Waals surface area contributed by atoms with Crippen LogP contribution < -0.4 is 4.74 Å². The molecule has 1 rings (SSSR count). The predicted octanol–water partition coefficient (Wildman–Crippen LogP) is 1.73. The molecule has 0 spiro atoms. The number of carboxylic acids is 1. The third-order valence-corrected chi connectivity index (χ3v) is 2.29. The van der Waals surface area contributed by atoms with Gasteiger partial charge in [0.05, 0.1) is 7.11 Å². The smallest absolute Gasteiger partial charge is 0.303 e. The van der Waals surface area contributed by atoms with E-state index in [2.05, 4.69) is 0 Å². The molecule has 2 N–H and O–H groups in total. The summed E-state index contributed by atoms with van der Waals surface area (Å²) < 4.78 is 4.95. The molecule has 15 heavy (non-hydrogen) atoms. The first-order chi connectivity index (χ1) is 7.06. The molecule has 0 aliphatic rings. The van der Waals surface area contributed by atoms with E-state index in [0.29, 0.717) is 17.7 Å². The number of carboxylic acid groups (broad SMARTS) is 1. The second kappa shape index (κ2) is 4.68. The van der Waals surface area contributed by atoms with E-state index in [0.717, 1.165) is 5.56 Å². The molecule has 0 atom stereocenters. The van der Waals surface area contributed by atoms with Crippen molar-refractivity contribution in [1.82, 2.24) is 0 Å². The lowest BCUT2D eigenvalue weighted by Gasteiger charge is -2.10. The van der Waals surface area contributed by atoms with Crippen molar-refractivity contribution in [1.29, 1.82) is 0 Å². The van der Waals surface area contributed by atoms with E-state index < -0.39 is 5.97 Å². The van der Waals surface area contributed by atoms with Crippen molar-refractivity contribution in [3.63, 3.8) is 0 Å². The van der Waals surface area contributed by atoms with Crippen molar-refractivity contribution in [2.24, 2.45) is 0 Å². The van der Waals surface area contributed by atoms with Gasteiger partial charge in [0.2, 0.25) is 0 Å². The van der Waals surface area contributed by atoms with Crippen LogP contribution >= 0.6 is 0 Å². The summed E-state index contributed by atoms with van der Waals surface area (Å²) in [7, 11) is 1.46. The van der Waals surface area contributed by atoms with Gasteiger partial charge < -0.3 is 14.9 Å². The Balaban J connectivity index is 2.98. The molecule has 4 heteroatoms. The minimum Gasteiger partial charge on any atom is -0.504 e. The largest absolute Gasteiger partial charge is 0.504 e. The van der Waals surface area contributed by atoms with Gasteiger partial charge in [-0.1, -0.05) is 6.07 Å². The Morgan fingerprint density at radius 3 is 2.67 bits per heavy atom. The van der Waals surface area contributed by atoms with Gasteiger partial charge in [-0.15, -0.1) is 0 Å². The SMILES string of the molecule is COc1ccc(C)c(CCC(=O)O)c1O. The summed E-state index contributed by atoms with van der Waals surface area (Å²) in [5.41, 5.74) is 1.51. The number of rotatable bonds is 4. The van der Waals surface area contributed by atoms with E-state index in [9.17, 15) is 9.90 Å². The fourth-order valence-corrected chi connectivity index (χ4v) is 1.43. The van der Waals surface area contributed by atoms with Crippen LogP contribution in [0.4, 0.5) is 0 Å². The summed E-state index contributed by atoms with van der Waals surface area (Å²) in [5.74, 6) is -0.462. The van der Waals surface area contributed by atoms with E-state index >= 15 is 0 Å². The summed E-state index contributed by atoms with van der Waals surface area (Å²) in [4.78, 5) is 10.4. The second-order valence-electron chi connectivity index (χ2n) is 3.31. The molecule has 0 bridgehead atoms. The fourth-order valence-electron chi connectivity index (χ4n) is 1.43. The number of phenolic OH excluding ortho intramolecular Hbond substituents is 1. The third kappa shape index (κ3) is 2.62. The van der Waals surface area contributed by atoms with Crippen LogP contribution in [-0.4, -0.2) is 23.3 Å². The average molecular weight is 210 g/mol. The van der Waals surface area contributed by atoms with Gasteiger partial charge in [-0.25, -0.2) is 0 Å². The predicted molar refractivity (Wildman–Crippen MR) is 55.4 cm³/mol. The highest BCUT2D eigenvalue weighted by atomic mass is 16.5. The molecule has 0 heterocycles. The zero-order valence-electron chi connectivity index (χ0n) is 8.78. The molecule has 82 valence electrons. The lowest BCUT2D eigenvalue weighted by atomic mass is 10.0. The van der Waals surface area contributed by atoms with Gasteiger partial charge in [-0.3, -0.25) is 4.79 Å². The molecular formula is C11H14O4. The van der Waals surface area contributed by atoms with E-state index in [4.69, 9.17) is 9.84 Å². The molecule has 0 aromatic heterocycles. The molecular weight excluding hydrogens is 196 g/mol. The number of carbonyl (C=O) groups is 1. The number of hydrogen-bond acceptors (Lipinski definition) is 3. The van der Waals surface area contributed by atoms with Crippen molar-refractivity contribution < 1.29 is 19.7 Å². The molecule has 0 aliphatic carbocycles. The first kappa shape index (κ1) is 11.4. The van der Waals surface area contributed by atoms with Gasteiger partial charge in [-0.05, 0) is 25.0 Å². The van der Waals surface area contributed by atoms with E-state index in [-0.39, 0.29) is 12.2 Å². The number of phenols is 1. The Morgan fingerprint density at radius 2 is 2.13 bits per heavy atom. The molecule has 1 aromatic rings. The molecule has 0 fully saturated rings. The minimum atomic E-state index is -0.878. The number of benzene rings is 1.